The molecule has 0 radical (unpaired) electrons. The molecular formula is C17H24N4O. The summed E-state index contributed by atoms with van der Waals surface area (Å²) in [5.74, 6) is 1.22. The van der Waals surface area contributed by atoms with E-state index in [-0.39, 0.29) is 0 Å². The lowest BCUT2D eigenvalue weighted by Gasteiger charge is -2.20. The van der Waals surface area contributed by atoms with Gasteiger partial charge in [0.25, 0.3) is 5.89 Å². The van der Waals surface area contributed by atoms with Crippen LogP contribution >= 0.6 is 0 Å². The molecule has 1 aromatic heterocycles. The highest BCUT2D eigenvalue weighted by Crippen LogP contribution is 2.31. The number of hydrogen-bond acceptors (Lipinski definition) is 5. The fraction of sp³-hybridized carbons (Fsp3) is 0.529. The highest BCUT2D eigenvalue weighted by atomic mass is 16.5. The van der Waals surface area contributed by atoms with Crippen LogP contribution in [0.4, 0.5) is 11.4 Å². The Hall–Kier alpha value is -2.04. The minimum Gasteiger partial charge on any atom is -0.381 e. The summed E-state index contributed by atoms with van der Waals surface area (Å²) in [5, 5.41) is 11.0. The van der Waals surface area contributed by atoms with Crippen molar-refractivity contribution in [3.05, 3.63) is 24.0 Å². The Morgan fingerprint density at radius 3 is 2.59 bits per heavy atom. The van der Waals surface area contributed by atoms with E-state index in [2.05, 4.69) is 46.8 Å². The number of aromatic nitrogens is 2. The summed E-state index contributed by atoms with van der Waals surface area (Å²) < 4.78 is 5.27. The van der Waals surface area contributed by atoms with Gasteiger partial charge in [0.2, 0.25) is 0 Å². The molecule has 5 nitrogen and oxygen atoms in total. The van der Waals surface area contributed by atoms with Gasteiger partial charge in [0, 0.05) is 17.6 Å². The van der Waals surface area contributed by atoms with Crippen LogP contribution in [0.3, 0.4) is 0 Å². The number of anilines is 2. The van der Waals surface area contributed by atoms with Crippen molar-refractivity contribution >= 4 is 11.4 Å². The molecule has 0 bridgehead atoms. The molecule has 22 heavy (non-hydrogen) atoms. The Kier molecular flexibility index (Phi) is 4.32. The summed E-state index contributed by atoms with van der Waals surface area (Å²) >= 11 is 0. The zero-order valence-electron chi connectivity index (χ0n) is 13.5. The SMILES string of the molecule is Cc1noc(-c2ccc(NC3CCCC3)c(NC(C)C)c2)n1. The molecule has 1 aliphatic carbocycles. The maximum atomic E-state index is 5.27. The van der Waals surface area contributed by atoms with Crippen molar-refractivity contribution in [1.29, 1.82) is 0 Å². The lowest BCUT2D eigenvalue weighted by atomic mass is 10.1. The van der Waals surface area contributed by atoms with Crippen molar-refractivity contribution in [3.8, 4) is 11.5 Å². The molecule has 1 fully saturated rings. The Morgan fingerprint density at radius 1 is 1.18 bits per heavy atom. The van der Waals surface area contributed by atoms with Crippen LogP contribution in [0.5, 0.6) is 0 Å². The molecule has 118 valence electrons. The van der Waals surface area contributed by atoms with Crippen molar-refractivity contribution in [3.63, 3.8) is 0 Å². The predicted octanol–water partition coefficient (Wildman–Crippen LogP) is 4.22. The van der Waals surface area contributed by atoms with E-state index in [1.165, 1.54) is 25.7 Å². The van der Waals surface area contributed by atoms with Gasteiger partial charge in [-0.3, -0.25) is 0 Å². The minimum atomic E-state index is 0.365. The zero-order valence-corrected chi connectivity index (χ0v) is 13.5. The summed E-state index contributed by atoms with van der Waals surface area (Å²) in [6, 6.07) is 7.19. The van der Waals surface area contributed by atoms with E-state index in [0.717, 1.165) is 16.9 Å². The largest absolute Gasteiger partial charge is 0.381 e. The van der Waals surface area contributed by atoms with Crippen LogP contribution in [0.25, 0.3) is 11.5 Å². The molecular weight excluding hydrogens is 276 g/mol. The van der Waals surface area contributed by atoms with Crippen LogP contribution in [-0.2, 0) is 0 Å². The van der Waals surface area contributed by atoms with E-state index in [1.807, 2.05) is 13.0 Å². The second-order valence-corrected chi connectivity index (χ2v) is 6.33. The smallest absolute Gasteiger partial charge is 0.257 e. The maximum Gasteiger partial charge on any atom is 0.257 e. The standard InChI is InChI=1S/C17H24N4O/c1-11(2)18-16-10-13(17-19-12(3)21-22-17)8-9-15(16)20-14-6-4-5-7-14/h8-11,14,18,20H,4-7H2,1-3H3. The lowest BCUT2D eigenvalue weighted by Crippen LogP contribution is -2.18. The first-order chi connectivity index (χ1) is 10.6. The molecule has 0 amide bonds. The van der Waals surface area contributed by atoms with E-state index >= 15 is 0 Å². The van der Waals surface area contributed by atoms with E-state index in [4.69, 9.17) is 4.52 Å². The fourth-order valence-electron chi connectivity index (χ4n) is 2.94. The Balaban J connectivity index is 1.88. The van der Waals surface area contributed by atoms with Crippen molar-refractivity contribution in [1.82, 2.24) is 10.1 Å². The maximum absolute atomic E-state index is 5.27. The number of hydrogen-bond donors (Lipinski definition) is 2. The Bertz CT molecular complexity index is 629. The summed E-state index contributed by atoms with van der Waals surface area (Å²) in [6.45, 7) is 6.11. The summed E-state index contributed by atoms with van der Waals surface area (Å²) in [6.07, 6.45) is 5.16. The lowest BCUT2D eigenvalue weighted by molar-refractivity contribution is 0.425. The van der Waals surface area contributed by atoms with Crippen molar-refractivity contribution in [2.45, 2.75) is 58.5 Å². The first-order valence-electron chi connectivity index (χ1n) is 8.09. The third-order valence-corrected chi connectivity index (χ3v) is 3.95. The summed E-state index contributed by atoms with van der Waals surface area (Å²) in [7, 11) is 0. The van der Waals surface area contributed by atoms with Gasteiger partial charge < -0.3 is 15.2 Å². The molecule has 1 saturated carbocycles. The first-order valence-corrected chi connectivity index (χ1v) is 8.09. The van der Waals surface area contributed by atoms with Crippen LogP contribution in [0.1, 0.15) is 45.4 Å². The topological polar surface area (TPSA) is 63.0 Å². The van der Waals surface area contributed by atoms with E-state index in [9.17, 15) is 0 Å². The molecule has 3 rings (SSSR count). The summed E-state index contributed by atoms with van der Waals surface area (Å²) in [4.78, 5) is 4.31. The van der Waals surface area contributed by atoms with Crippen LogP contribution < -0.4 is 10.6 Å². The third-order valence-electron chi connectivity index (χ3n) is 3.95. The molecule has 1 aliphatic rings. The van der Waals surface area contributed by atoms with Crippen molar-refractivity contribution in [2.24, 2.45) is 0 Å². The van der Waals surface area contributed by atoms with Crippen LogP contribution in [0, 0.1) is 6.92 Å². The molecule has 5 heteroatoms. The molecule has 1 heterocycles. The third kappa shape index (κ3) is 3.40. The second-order valence-electron chi connectivity index (χ2n) is 6.33. The molecule has 0 spiro atoms. The predicted molar refractivity (Wildman–Crippen MR) is 89.1 cm³/mol. The van der Waals surface area contributed by atoms with Crippen LogP contribution in [0.15, 0.2) is 22.7 Å². The van der Waals surface area contributed by atoms with Crippen LogP contribution in [0.2, 0.25) is 0 Å². The summed E-state index contributed by atoms with van der Waals surface area (Å²) in [5.41, 5.74) is 3.19. The Labute approximate surface area is 131 Å². The number of aryl methyl sites for hydroxylation is 1. The van der Waals surface area contributed by atoms with Gasteiger partial charge in [0.15, 0.2) is 5.82 Å². The molecule has 0 atom stereocenters. The quantitative estimate of drug-likeness (QED) is 0.865. The molecule has 0 aliphatic heterocycles. The van der Waals surface area contributed by atoms with Crippen molar-refractivity contribution < 1.29 is 4.52 Å². The van der Waals surface area contributed by atoms with E-state index in [1.54, 1.807) is 0 Å². The highest BCUT2D eigenvalue weighted by Gasteiger charge is 2.17. The van der Waals surface area contributed by atoms with E-state index in [0.29, 0.717) is 23.8 Å². The van der Waals surface area contributed by atoms with Gasteiger partial charge in [-0.25, -0.2) is 0 Å². The molecule has 0 unspecified atom stereocenters. The van der Waals surface area contributed by atoms with Gasteiger partial charge in [-0.1, -0.05) is 18.0 Å². The molecule has 2 N–H and O–H groups in total. The average molecular weight is 300 g/mol. The van der Waals surface area contributed by atoms with Crippen molar-refractivity contribution in [2.75, 3.05) is 10.6 Å². The van der Waals surface area contributed by atoms with Gasteiger partial charge in [-0.15, -0.1) is 0 Å². The number of nitrogens with zero attached hydrogens (tertiary/aromatic N) is 2. The minimum absolute atomic E-state index is 0.365. The number of nitrogens with one attached hydrogen (secondary N) is 2. The van der Waals surface area contributed by atoms with Gasteiger partial charge in [-0.05, 0) is 51.8 Å². The number of benzene rings is 1. The van der Waals surface area contributed by atoms with Gasteiger partial charge in [0.05, 0.1) is 11.4 Å². The van der Waals surface area contributed by atoms with Gasteiger partial charge in [-0.2, -0.15) is 4.98 Å². The van der Waals surface area contributed by atoms with Crippen LogP contribution in [-0.4, -0.2) is 22.2 Å². The fourth-order valence-corrected chi connectivity index (χ4v) is 2.94. The zero-order chi connectivity index (χ0) is 15.5. The molecule has 1 aromatic carbocycles. The Morgan fingerprint density at radius 2 is 1.95 bits per heavy atom. The molecule has 0 saturated heterocycles. The van der Waals surface area contributed by atoms with E-state index < -0.39 is 0 Å². The normalized spacial score (nSPS) is 15.5. The van der Waals surface area contributed by atoms with Gasteiger partial charge in [0.1, 0.15) is 0 Å². The van der Waals surface area contributed by atoms with Gasteiger partial charge >= 0.3 is 0 Å². The number of rotatable bonds is 5. The average Bonchev–Trinajstić information content (AvgIpc) is 3.12. The first kappa shape index (κ1) is 14.9. The second kappa shape index (κ2) is 6.38. The highest BCUT2D eigenvalue weighted by molar-refractivity contribution is 5.75. The monoisotopic (exact) mass is 300 g/mol. The molecule has 2 aromatic rings.